The molecule has 3 rings (SSSR count). The third-order valence-corrected chi connectivity index (χ3v) is 6.45. The van der Waals surface area contributed by atoms with Crippen LogP contribution in [-0.4, -0.2) is 26.9 Å². The number of rotatable bonds is 7. The fourth-order valence-corrected chi connectivity index (χ4v) is 4.41. The maximum absolute atomic E-state index is 12.4. The van der Waals surface area contributed by atoms with Crippen LogP contribution in [0.2, 0.25) is 5.02 Å². The Labute approximate surface area is 158 Å². The minimum atomic E-state index is -3.81. The van der Waals surface area contributed by atoms with Crippen LogP contribution in [0, 0.1) is 0 Å². The van der Waals surface area contributed by atoms with E-state index in [2.05, 4.69) is 22.2 Å². The van der Waals surface area contributed by atoms with E-state index in [1.54, 1.807) is 12.1 Å². The van der Waals surface area contributed by atoms with E-state index < -0.39 is 16.1 Å². The molecule has 0 aromatic heterocycles. The first-order chi connectivity index (χ1) is 12.3. The third kappa shape index (κ3) is 4.26. The summed E-state index contributed by atoms with van der Waals surface area (Å²) in [7, 11) is -3.81. The van der Waals surface area contributed by atoms with Gasteiger partial charge in [-0.2, -0.15) is 4.72 Å². The number of carbonyl (C=O) groups excluding carboxylic acids is 1. The smallest absolute Gasteiger partial charge is 0.241 e. The van der Waals surface area contributed by atoms with Crippen LogP contribution >= 0.6 is 11.6 Å². The quantitative estimate of drug-likeness (QED) is 0.760. The molecule has 0 heterocycles. The Hall–Kier alpha value is -1.89. The molecule has 0 radical (unpaired) electrons. The van der Waals surface area contributed by atoms with Gasteiger partial charge >= 0.3 is 0 Å². The van der Waals surface area contributed by atoms with E-state index >= 15 is 0 Å². The zero-order chi connectivity index (χ0) is 18.8. The first-order valence-electron chi connectivity index (χ1n) is 8.44. The standard InChI is InChI=1S/C19H21ClN2O3S/c1-14(22-26(24,25)17-9-5-8-16(20)12-17)18(23)21-13-19(10-11-19)15-6-3-2-4-7-15/h2-9,12,14,22H,10-11,13H2,1H3,(H,21,23)/t14-/m1/s1. The highest BCUT2D eigenvalue weighted by atomic mass is 35.5. The number of amides is 1. The van der Waals surface area contributed by atoms with Gasteiger partial charge in [0, 0.05) is 17.0 Å². The predicted molar refractivity (Wildman–Crippen MR) is 102 cm³/mol. The van der Waals surface area contributed by atoms with Crippen LogP contribution in [0.5, 0.6) is 0 Å². The van der Waals surface area contributed by atoms with E-state index in [9.17, 15) is 13.2 Å². The normalized spacial score (nSPS) is 16.7. The average Bonchev–Trinajstić information content (AvgIpc) is 3.41. The summed E-state index contributed by atoms with van der Waals surface area (Å²) in [5.41, 5.74) is 1.18. The molecule has 2 aromatic carbocycles. The second kappa shape index (κ2) is 7.39. The lowest BCUT2D eigenvalue weighted by atomic mass is 9.96. The lowest BCUT2D eigenvalue weighted by Gasteiger charge is -2.19. The van der Waals surface area contributed by atoms with Crippen LogP contribution in [0.1, 0.15) is 25.3 Å². The molecule has 0 unspecified atom stereocenters. The lowest BCUT2D eigenvalue weighted by molar-refractivity contribution is -0.122. The first-order valence-corrected chi connectivity index (χ1v) is 10.3. The molecule has 2 N–H and O–H groups in total. The molecule has 1 saturated carbocycles. The minimum absolute atomic E-state index is 0.0253. The van der Waals surface area contributed by atoms with Gasteiger partial charge in [-0.25, -0.2) is 8.42 Å². The van der Waals surface area contributed by atoms with Crippen LogP contribution in [0.25, 0.3) is 0 Å². The van der Waals surface area contributed by atoms with Crippen molar-refractivity contribution in [1.82, 2.24) is 10.0 Å². The zero-order valence-corrected chi connectivity index (χ0v) is 16.0. The lowest BCUT2D eigenvalue weighted by Crippen LogP contribution is -2.46. The Morgan fingerprint density at radius 3 is 2.46 bits per heavy atom. The van der Waals surface area contributed by atoms with Crippen molar-refractivity contribution in [1.29, 1.82) is 0 Å². The van der Waals surface area contributed by atoms with E-state index in [1.165, 1.54) is 24.6 Å². The van der Waals surface area contributed by atoms with Gasteiger partial charge in [0.05, 0.1) is 10.9 Å². The average molecular weight is 393 g/mol. The Kier molecular flexibility index (Phi) is 5.37. The fourth-order valence-electron chi connectivity index (χ4n) is 2.91. The van der Waals surface area contributed by atoms with Crippen LogP contribution < -0.4 is 10.0 Å². The number of sulfonamides is 1. The molecule has 2 aromatic rings. The van der Waals surface area contributed by atoms with Crippen LogP contribution in [-0.2, 0) is 20.2 Å². The largest absolute Gasteiger partial charge is 0.354 e. The van der Waals surface area contributed by atoms with Crippen molar-refractivity contribution in [3.8, 4) is 0 Å². The van der Waals surface area contributed by atoms with Crippen molar-refractivity contribution in [2.75, 3.05) is 6.54 Å². The van der Waals surface area contributed by atoms with Gasteiger partial charge in [0.2, 0.25) is 15.9 Å². The predicted octanol–water partition coefficient (Wildman–Crippen LogP) is 2.85. The molecular weight excluding hydrogens is 372 g/mol. The van der Waals surface area contributed by atoms with Crippen molar-refractivity contribution in [3.63, 3.8) is 0 Å². The molecule has 7 heteroatoms. The maximum atomic E-state index is 12.4. The molecule has 1 amide bonds. The summed E-state index contributed by atoms with van der Waals surface area (Å²) in [5, 5.41) is 3.20. The molecule has 0 spiro atoms. The van der Waals surface area contributed by atoms with Gasteiger partial charge < -0.3 is 5.32 Å². The molecule has 1 aliphatic carbocycles. The molecule has 1 atom stereocenters. The Balaban J connectivity index is 1.60. The van der Waals surface area contributed by atoms with Crippen LogP contribution in [0.15, 0.2) is 59.5 Å². The maximum Gasteiger partial charge on any atom is 0.241 e. The molecule has 0 bridgehead atoms. The van der Waals surface area contributed by atoms with E-state index in [4.69, 9.17) is 11.6 Å². The van der Waals surface area contributed by atoms with Gasteiger partial charge in [-0.1, -0.05) is 48.0 Å². The van der Waals surface area contributed by atoms with Gasteiger partial charge in [0.1, 0.15) is 0 Å². The van der Waals surface area contributed by atoms with E-state index in [-0.39, 0.29) is 16.2 Å². The summed E-state index contributed by atoms with van der Waals surface area (Å²) < 4.78 is 27.2. The van der Waals surface area contributed by atoms with Gasteiger partial charge in [0.25, 0.3) is 0 Å². The van der Waals surface area contributed by atoms with E-state index in [1.807, 2.05) is 18.2 Å². The fraction of sp³-hybridized carbons (Fsp3) is 0.316. The second-order valence-electron chi connectivity index (χ2n) is 6.66. The van der Waals surface area contributed by atoms with Gasteiger partial charge in [0.15, 0.2) is 0 Å². The highest BCUT2D eigenvalue weighted by Crippen LogP contribution is 2.47. The van der Waals surface area contributed by atoms with Crippen molar-refractivity contribution >= 4 is 27.5 Å². The summed E-state index contributed by atoms with van der Waals surface area (Å²) in [5.74, 6) is -0.349. The summed E-state index contributed by atoms with van der Waals surface area (Å²) in [6.07, 6.45) is 2.03. The number of benzene rings is 2. The Bertz CT molecular complexity index is 896. The van der Waals surface area contributed by atoms with Crippen LogP contribution in [0.3, 0.4) is 0 Å². The van der Waals surface area contributed by atoms with E-state index in [0.717, 1.165) is 12.8 Å². The number of hydrogen-bond donors (Lipinski definition) is 2. The van der Waals surface area contributed by atoms with Crippen molar-refractivity contribution in [2.45, 2.75) is 36.1 Å². The summed E-state index contributed by atoms with van der Waals surface area (Å²) >= 11 is 5.84. The van der Waals surface area contributed by atoms with Gasteiger partial charge in [-0.05, 0) is 43.5 Å². The molecule has 0 aliphatic heterocycles. The third-order valence-electron chi connectivity index (χ3n) is 4.67. The minimum Gasteiger partial charge on any atom is -0.354 e. The molecule has 5 nitrogen and oxygen atoms in total. The molecule has 1 aliphatic rings. The van der Waals surface area contributed by atoms with Gasteiger partial charge in [-0.3, -0.25) is 4.79 Å². The molecule has 26 heavy (non-hydrogen) atoms. The summed E-state index contributed by atoms with van der Waals surface area (Å²) in [4.78, 5) is 12.4. The topological polar surface area (TPSA) is 75.3 Å². The van der Waals surface area contributed by atoms with Crippen LogP contribution in [0.4, 0.5) is 0 Å². The highest BCUT2D eigenvalue weighted by molar-refractivity contribution is 7.89. The monoisotopic (exact) mass is 392 g/mol. The zero-order valence-electron chi connectivity index (χ0n) is 14.4. The van der Waals surface area contributed by atoms with Gasteiger partial charge in [-0.15, -0.1) is 0 Å². The van der Waals surface area contributed by atoms with E-state index in [0.29, 0.717) is 11.6 Å². The van der Waals surface area contributed by atoms with Crippen molar-refractivity contribution in [3.05, 3.63) is 65.2 Å². The molecular formula is C19H21ClN2O3S. The van der Waals surface area contributed by atoms with Crippen molar-refractivity contribution in [2.24, 2.45) is 0 Å². The number of halogens is 1. The summed E-state index contributed by atoms with van der Waals surface area (Å²) in [6.45, 7) is 2.03. The summed E-state index contributed by atoms with van der Waals surface area (Å²) in [6, 6.07) is 15.1. The number of hydrogen-bond acceptors (Lipinski definition) is 3. The highest BCUT2D eigenvalue weighted by Gasteiger charge is 2.44. The molecule has 138 valence electrons. The Morgan fingerprint density at radius 1 is 1.15 bits per heavy atom. The second-order valence-corrected chi connectivity index (χ2v) is 8.81. The first kappa shape index (κ1) is 18.9. The number of carbonyl (C=O) groups is 1. The Morgan fingerprint density at radius 2 is 1.85 bits per heavy atom. The number of nitrogens with one attached hydrogen (secondary N) is 2. The van der Waals surface area contributed by atoms with Crippen molar-refractivity contribution < 1.29 is 13.2 Å². The molecule has 0 saturated heterocycles. The SMILES string of the molecule is C[C@@H](NS(=O)(=O)c1cccc(Cl)c1)C(=O)NCC1(c2ccccc2)CC1. The molecule has 1 fully saturated rings.